The van der Waals surface area contributed by atoms with E-state index in [1.807, 2.05) is 0 Å². The van der Waals surface area contributed by atoms with E-state index in [4.69, 9.17) is 0 Å². The topological polar surface area (TPSA) is 0 Å². The van der Waals surface area contributed by atoms with Crippen LogP contribution in [0.1, 0.15) is 89.9 Å². The molecule has 0 bridgehead atoms. The van der Waals surface area contributed by atoms with Gasteiger partial charge in [-0.15, -0.1) is 0 Å². The molecule has 0 N–H and O–H groups in total. The molecule has 0 saturated heterocycles. The summed E-state index contributed by atoms with van der Waals surface area (Å²) >= 11 is 0. The molecule has 3 aliphatic carbocycles. The highest BCUT2D eigenvalue weighted by Gasteiger charge is 2.35. The molecule has 0 nitrogen and oxygen atoms in total. The van der Waals surface area contributed by atoms with E-state index in [9.17, 15) is 4.39 Å². The van der Waals surface area contributed by atoms with E-state index in [0.717, 1.165) is 24.2 Å². The lowest BCUT2D eigenvalue weighted by Gasteiger charge is -2.39. The third-order valence-corrected chi connectivity index (χ3v) is 6.62. The van der Waals surface area contributed by atoms with Crippen molar-refractivity contribution in [1.82, 2.24) is 0 Å². The first-order valence-electron chi connectivity index (χ1n) is 9.47. The van der Waals surface area contributed by atoms with Gasteiger partial charge in [0.15, 0.2) is 0 Å². The van der Waals surface area contributed by atoms with Gasteiger partial charge in [0.2, 0.25) is 0 Å². The minimum atomic E-state index is -0.474. The first kappa shape index (κ1) is 14.9. The Morgan fingerprint density at radius 3 is 1.95 bits per heavy atom. The number of alkyl halides is 1. The molecule has 0 aromatic heterocycles. The highest BCUT2D eigenvalue weighted by molar-refractivity contribution is 4.86. The normalized spacial score (nSPS) is 38.0. The van der Waals surface area contributed by atoms with Crippen molar-refractivity contribution in [2.45, 2.75) is 96.1 Å². The molecule has 20 heavy (non-hydrogen) atoms. The maximum atomic E-state index is 14.6. The number of hydrogen-bond acceptors (Lipinski definition) is 0. The zero-order valence-electron chi connectivity index (χ0n) is 13.2. The number of rotatable bonds is 3. The summed E-state index contributed by atoms with van der Waals surface area (Å²) in [4.78, 5) is 0. The van der Waals surface area contributed by atoms with Gasteiger partial charge < -0.3 is 0 Å². The highest BCUT2D eigenvalue weighted by atomic mass is 19.1. The van der Waals surface area contributed by atoms with Crippen LogP contribution in [-0.4, -0.2) is 6.17 Å². The summed E-state index contributed by atoms with van der Waals surface area (Å²) in [5, 5.41) is 0. The second kappa shape index (κ2) is 7.27. The summed E-state index contributed by atoms with van der Waals surface area (Å²) in [7, 11) is 0. The molecule has 0 aromatic carbocycles. The first-order chi connectivity index (χ1) is 9.83. The lowest BCUT2D eigenvalue weighted by molar-refractivity contribution is 0.0671. The van der Waals surface area contributed by atoms with Gasteiger partial charge in [-0.2, -0.15) is 0 Å². The number of hydrogen-bond donors (Lipinski definition) is 0. The lowest BCUT2D eigenvalue weighted by Crippen LogP contribution is -2.32. The fourth-order valence-electron chi connectivity index (χ4n) is 5.36. The molecule has 3 unspecified atom stereocenters. The summed E-state index contributed by atoms with van der Waals surface area (Å²) in [5.74, 6) is 2.88. The van der Waals surface area contributed by atoms with Crippen LogP contribution in [0.15, 0.2) is 0 Å². The van der Waals surface area contributed by atoms with Gasteiger partial charge >= 0.3 is 0 Å². The van der Waals surface area contributed by atoms with E-state index in [-0.39, 0.29) is 0 Å². The molecule has 3 rings (SSSR count). The number of halogens is 1. The van der Waals surface area contributed by atoms with Gasteiger partial charge in [0, 0.05) is 0 Å². The van der Waals surface area contributed by atoms with Crippen LogP contribution in [0.5, 0.6) is 0 Å². The van der Waals surface area contributed by atoms with Crippen LogP contribution in [0, 0.1) is 23.7 Å². The van der Waals surface area contributed by atoms with Crippen molar-refractivity contribution in [2.24, 2.45) is 23.7 Å². The Balaban J connectivity index is 1.46. The lowest BCUT2D eigenvalue weighted by atomic mass is 9.68. The summed E-state index contributed by atoms with van der Waals surface area (Å²) in [6.45, 7) is 0. The van der Waals surface area contributed by atoms with Crippen LogP contribution < -0.4 is 0 Å². The maximum Gasteiger partial charge on any atom is 0.103 e. The molecule has 116 valence electrons. The van der Waals surface area contributed by atoms with Gasteiger partial charge in [0.05, 0.1) is 0 Å². The summed E-state index contributed by atoms with van der Waals surface area (Å²) in [5.41, 5.74) is 0. The van der Waals surface area contributed by atoms with E-state index in [2.05, 4.69) is 0 Å². The molecule has 3 saturated carbocycles. The van der Waals surface area contributed by atoms with Gasteiger partial charge in [-0.3, -0.25) is 0 Å². The van der Waals surface area contributed by atoms with Crippen LogP contribution in [-0.2, 0) is 0 Å². The Bertz CT molecular complexity index is 275. The van der Waals surface area contributed by atoms with Crippen molar-refractivity contribution in [2.75, 3.05) is 0 Å². The zero-order valence-corrected chi connectivity index (χ0v) is 13.2. The molecule has 0 spiro atoms. The predicted octanol–water partition coefficient (Wildman–Crippen LogP) is 6.29. The minimum Gasteiger partial charge on any atom is -0.247 e. The Labute approximate surface area is 124 Å². The Morgan fingerprint density at radius 1 is 0.650 bits per heavy atom. The van der Waals surface area contributed by atoms with E-state index in [1.54, 1.807) is 0 Å². The fourth-order valence-corrected chi connectivity index (χ4v) is 5.36. The summed E-state index contributed by atoms with van der Waals surface area (Å²) in [6.07, 6.45) is 18.2. The third-order valence-electron chi connectivity index (χ3n) is 6.62. The molecule has 3 aliphatic rings. The standard InChI is InChI=1S/C19H33F/c20-19-14-17(16-9-5-2-6-10-16)11-12-18(19)13-15-7-3-1-4-8-15/h15-19H,1-14H2. The minimum absolute atomic E-state index is 0.415. The third kappa shape index (κ3) is 3.77. The zero-order chi connectivity index (χ0) is 13.8. The molecule has 0 heterocycles. The quantitative estimate of drug-likeness (QED) is 0.569. The predicted molar refractivity (Wildman–Crippen MR) is 83.5 cm³/mol. The second-order valence-corrected chi connectivity index (χ2v) is 7.99. The summed E-state index contributed by atoms with van der Waals surface area (Å²) in [6, 6.07) is 0. The molecule has 0 amide bonds. The average molecular weight is 280 g/mol. The Morgan fingerprint density at radius 2 is 1.30 bits per heavy atom. The largest absolute Gasteiger partial charge is 0.247 e. The van der Waals surface area contributed by atoms with Crippen LogP contribution in [0.2, 0.25) is 0 Å². The van der Waals surface area contributed by atoms with Gasteiger partial charge in [-0.1, -0.05) is 64.2 Å². The van der Waals surface area contributed by atoms with Crippen LogP contribution in [0.3, 0.4) is 0 Å². The Kier molecular flexibility index (Phi) is 5.40. The van der Waals surface area contributed by atoms with Crippen molar-refractivity contribution in [3.63, 3.8) is 0 Å². The smallest absolute Gasteiger partial charge is 0.103 e. The van der Waals surface area contributed by atoms with Crippen molar-refractivity contribution in [3.8, 4) is 0 Å². The molecule has 0 aromatic rings. The monoisotopic (exact) mass is 280 g/mol. The molecule has 3 fully saturated rings. The fraction of sp³-hybridized carbons (Fsp3) is 1.00. The van der Waals surface area contributed by atoms with E-state index in [1.165, 1.54) is 83.5 Å². The molecule has 1 heteroatoms. The van der Waals surface area contributed by atoms with Crippen LogP contribution in [0.4, 0.5) is 4.39 Å². The molecule has 0 radical (unpaired) electrons. The van der Waals surface area contributed by atoms with Gasteiger partial charge in [-0.05, 0) is 49.4 Å². The van der Waals surface area contributed by atoms with Crippen molar-refractivity contribution < 1.29 is 4.39 Å². The van der Waals surface area contributed by atoms with E-state index < -0.39 is 6.17 Å². The van der Waals surface area contributed by atoms with Crippen molar-refractivity contribution in [1.29, 1.82) is 0 Å². The molecular formula is C19H33F. The first-order valence-corrected chi connectivity index (χ1v) is 9.47. The highest BCUT2D eigenvalue weighted by Crippen LogP contribution is 2.43. The van der Waals surface area contributed by atoms with Crippen LogP contribution >= 0.6 is 0 Å². The van der Waals surface area contributed by atoms with Crippen molar-refractivity contribution in [3.05, 3.63) is 0 Å². The summed E-state index contributed by atoms with van der Waals surface area (Å²) < 4.78 is 14.6. The molecule has 3 atom stereocenters. The molecular weight excluding hydrogens is 247 g/mol. The van der Waals surface area contributed by atoms with Gasteiger partial charge in [0.25, 0.3) is 0 Å². The average Bonchev–Trinajstić information content (AvgIpc) is 2.51. The Hall–Kier alpha value is -0.0700. The van der Waals surface area contributed by atoms with Crippen LogP contribution in [0.25, 0.3) is 0 Å². The SMILES string of the molecule is FC1CC(C2CCCCC2)CCC1CC1CCCCC1. The van der Waals surface area contributed by atoms with Gasteiger partial charge in [0.1, 0.15) is 6.17 Å². The van der Waals surface area contributed by atoms with E-state index in [0.29, 0.717) is 5.92 Å². The van der Waals surface area contributed by atoms with Gasteiger partial charge in [-0.25, -0.2) is 4.39 Å². The maximum absolute atomic E-state index is 14.6. The molecule has 0 aliphatic heterocycles. The second-order valence-electron chi connectivity index (χ2n) is 7.99. The van der Waals surface area contributed by atoms with Crippen molar-refractivity contribution >= 4 is 0 Å². The van der Waals surface area contributed by atoms with E-state index >= 15 is 0 Å².